The van der Waals surface area contributed by atoms with E-state index in [1.807, 2.05) is 13.8 Å². The lowest BCUT2D eigenvalue weighted by Gasteiger charge is -2.30. The number of halogens is 2. The van der Waals surface area contributed by atoms with Gasteiger partial charge in [-0.15, -0.1) is 0 Å². The molecule has 0 saturated carbocycles. The third-order valence-electron chi connectivity index (χ3n) is 8.16. The van der Waals surface area contributed by atoms with Gasteiger partial charge >= 0.3 is 0 Å². The van der Waals surface area contributed by atoms with E-state index in [4.69, 9.17) is 18.9 Å². The summed E-state index contributed by atoms with van der Waals surface area (Å²) < 4.78 is 23.2. The monoisotopic (exact) mass is 789 g/mol. The zero-order valence-corrected chi connectivity index (χ0v) is 33.9. The molecule has 0 unspecified atom stereocenters. The molecule has 0 atom stereocenters. The number of unbranched alkanes of at least 4 members (excludes halogenated alkanes) is 10. The van der Waals surface area contributed by atoms with Gasteiger partial charge in [-0.1, -0.05) is 38.5 Å². The summed E-state index contributed by atoms with van der Waals surface area (Å²) in [6.07, 6.45) is 17.0. The highest BCUT2D eigenvalue weighted by Crippen LogP contribution is 2.13. The maximum absolute atomic E-state index is 11.9. The molecule has 0 aromatic carbocycles. The SMILES string of the molecule is CCOCCOCC(=O)CCCC[N+](C)(C)CCCCCCCCCCCC[N+](C)(C)CCCNC(=O)COCCOCC.[Br-].[Br-]. The maximum Gasteiger partial charge on any atom is 0.246 e. The van der Waals surface area contributed by atoms with Crippen molar-refractivity contribution >= 4 is 11.7 Å². The van der Waals surface area contributed by atoms with Crippen LogP contribution in [-0.4, -0.2) is 134 Å². The van der Waals surface area contributed by atoms with Crippen LogP contribution in [0, 0.1) is 0 Å². The first-order valence-electron chi connectivity index (χ1n) is 17.8. The average molecular weight is 792 g/mol. The number of hydrogen-bond acceptors (Lipinski definition) is 6. The molecule has 0 aromatic rings. The molecular weight excluding hydrogens is 718 g/mol. The molecule has 0 aliphatic heterocycles. The van der Waals surface area contributed by atoms with Crippen LogP contribution in [0.1, 0.15) is 104 Å². The standard InChI is InChI=1S/C35H72N3O6.2BrH/c1-7-41-28-30-43-32-34(39)22-17-20-26-37(3,4)24-18-15-13-11-9-10-12-14-16-19-25-38(5,6)27-21-23-36-35(40)33-44-31-29-42-8-2;;/h7-33H2,1-6H3;2*1H/q+1;;/p-1. The van der Waals surface area contributed by atoms with E-state index in [0.717, 1.165) is 41.3 Å². The van der Waals surface area contributed by atoms with Crippen LogP contribution in [-0.2, 0) is 28.5 Å². The summed E-state index contributed by atoms with van der Waals surface area (Å²) in [5.41, 5.74) is 0. The Bertz CT molecular complexity index is 631. The van der Waals surface area contributed by atoms with Crippen molar-refractivity contribution in [2.75, 3.05) is 114 Å². The highest BCUT2D eigenvalue weighted by atomic mass is 79.9. The van der Waals surface area contributed by atoms with Gasteiger partial charge in [0.2, 0.25) is 5.91 Å². The molecule has 1 N–H and O–H groups in total. The third kappa shape index (κ3) is 36.7. The van der Waals surface area contributed by atoms with Crippen molar-refractivity contribution in [1.29, 1.82) is 0 Å². The molecule has 0 aliphatic carbocycles. The minimum absolute atomic E-state index is 0. The summed E-state index contributed by atoms with van der Waals surface area (Å²) in [5.74, 6) is 0.164. The van der Waals surface area contributed by atoms with Gasteiger partial charge in [-0.2, -0.15) is 0 Å². The Kier molecular flexibility index (Phi) is 37.9. The van der Waals surface area contributed by atoms with E-state index in [9.17, 15) is 9.59 Å². The van der Waals surface area contributed by atoms with Crippen molar-refractivity contribution in [3.63, 3.8) is 0 Å². The number of rotatable bonds is 34. The first-order valence-corrected chi connectivity index (χ1v) is 17.8. The molecule has 0 radical (unpaired) electrons. The van der Waals surface area contributed by atoms with Gasteiger partial charge in [0.25, 0.3) is 0 Å². The van der Waals surface area contributed by atoms with Crippen LogP contribution >= 0.6 is 0 Å². The number of Topliss-reactive ketones (excluding diaryl/α,β-unsaturated/α-hetero) is 1. The molecule has 0 saturated heterocycles. The van der Waals surface area contributed by atoms with Gasteiger partial charge in [0.15, 0.2) is 5.78 Å². The molecule has 46 heavy (non-hydrogen) atoms. The molecule has 9 nitrogen and oxygen atoms in total. The molecule has 0 rings (SSSR count). The van der Waals surface area contributed by atoms with Gasteiger partial charge in [-0.25, -0.2) is 0 Å². The normalized spacial score (nSPS) is 11.6. The Hall–Kier alpha value is -0.140. The van der Waals surface area contributed by atoms with E-state index in [-0.39, 0.29) is 58.9 Å². The number of amides is 1. The fourth-order valence-corrected chi connectivity index (χ4v) is 5.31. The minimum atomic E-state index is -0.0421. The van der Waals surface area contributed by atoms with Gasteiger partial charge in [0.1, 0.15) is 13.2 Å². The quantitative estimate of drug-likeness (QED) is 0.0694. The number of hydrogen-bond donors (Lipinski definition) is 1. The zero-order valence-electron chi connectivity index (χ0n) is 30.7. The Labute approximate surface area is 304 Å². The Balaban J connectivity index is -0.00000924. The molecule has 278 valence electrons. The lowest BCUT2D eigenvalue weighted by atomic mass is 10.1. The average Bonchev–Trinajstić information content (AvgIpc) is 2.98. The van der Waals surface area contributed by atoms with Crippen LogP contribution in [0.15, 0.2) is 0 Å². The van der Waals surface area contributed by atoms with Gasteiger partial charge in [0, 0.05) is 32.6 Å². The van der Waals surface area contributed by atoms with Crippen LogP contribution in [0.3, 0.4) is 0 Å². The Morgan fingerprint density at radius 3 is 1.33 bits per heavy atom. The molecule has 0 aromatic heterocycles. The molecule has 1 amide bonds. The van der Waals surface area contributed by atoms with E-state index < -0.39 is 0 Å². The maximum atomic E-state index is 11.9. The first-order chi connectivity index (χ1) is 21.1. The number of carbonyl (C=O) groups excluding carboxylic acids is 2. The van der Waals surface area contributed by atoms with E-state index in [0.29, 0.717) is 52.6 Å². The second-order valence-electron chi connectivity index (χ2n) is 13.5. The highest BCUT2D eigenvalue weighted by Gasteiger charge is 2.15. The Morgan fingerprint density at radius 2 is 0.870 bits per heavy atom. The number of ether oxygens (including phenoxy) is 4. The molecule has 0 spiro atoms. The van der Waals surface area contributed by atoms with E-state index >= 15 is 0 Å². The highest BCUT2D eigenvalue weighted by molar-refractivity contribution is 5.79. The number of nitrogens with one attached hydrogen (secondary N) is 1. The summed E-state index contributed by atoms with van der Waals surface area (Å²) in [4.78, 5) is 23.7. The van der Waals surface area contributed by atoms with Gasteiger partial charge in [0.05, 0.1) is 80.8 Å². The van der Waals surface area contributed by atoms with Gasteiger partial charge < -0.3 is 67.2 Å². The van der Waals surface area contributed by atoms with Gasteiger partial charge in [-0.05, 0) is 52.4 Å². The fourth-order valence-electron chi connectivity index (χ4n) is 5.31. The van der Waals surface area contributed by atoms with Crippen molar-refractivity contribution in [2.45, 2.75) is 104 Å². The lowest BCUT2D eigenvalue weighted by Crippen LogP contribution is -3.00. The first kappa shape index (κ1) is 50.2. The predicted molar refractivity (Wildman–Crippen MR) is 181 cm³/mol. The van der Waals surface area contributed by atoms with Crippen molar-refractivity contribution in [3.8, 4) is 0 Å². The summed E-state index contributed by atoms with van der Waals surface area (Å²) in [6, 6.07) is 0. The van der Waals surface area contributed by atoms with Crippen LogP contribution in [0.25, 0.3) is 0 Å². The van der Waals surface area contributed by atoms with Crippen molar-refractivity contribution in [2.24, 2.45) is 0 Å². The second kappa shape index (κ2) is 34.7. The van der Waals surface area contributed by atoms with Crippen LogP contribution in [0.4, 0.5) is 0 Å². The molecule has 0 heterocycles. The molecular formula is C35H73Br2N3O6. The van der Waals surface area contributed by atoms with Crippen LogP contribution in [0.2, 0.25) is 0 Å². The van der Waals surface area contributed by atoms with Crippen molar-refractivity contribution in [3.05, 3.63) is 0 Å². The predicted octanol–water partition coefficient (Wildman–Crippen LogP) is -0.600. The molecule has 0 aliphatic rings. The van der Waals surface area contributed by atoms with Crippen LogP contribution < -0.4 is 39.3 Å². The summed E-state index contributed by atoms with van der Waals surface area (Å²) in [7, 11) is 9.24. The van der Waals surface area contributed by atoms with E-state index in [2.05, 4.69) is 33.5 Å². The summed E-state index contributed by atoms with van der Waals surface area (Å²) in [6.45, 7) is 13.0. The lowest BCUT2D eigenvalue weighted by molar-refractivity contribution is -0.890. The summed E-state index contributed by atoms with van der Waals surface area (Å²) >= 11 is 0. The largest absolute Gasteiger partial charge is 1.00 e. The number of nitrogens with zero attached hydrogens (tertiary/aromatic N) is 2. The number of ketones is 1. The molecule has 11 heteroatoms. The third-order valence-corrected chi connectivity index (χ3v) is 8.16. The van der Waals surface area contributed by atoms with E-state index in [1.54, 1.807) is 0 Å². The molecule has 0 fully saturated rings. The fraction of sp³-hybridized carbons (Fsp3) is 0.943. The van der Waals surface area contributed by atoms with Crippen molar-refractivity contribution < 1.29 is 71.5 Å². The van der Waals surface area contributed by atoms with Crippen LogP contribution in [0.5, 0.6) is 0 Å². The second-order valence-corrected chi connectivity index (χ2v) is 13.5. The molecule has 0 bridgehead atoms. The van der Waals surface area contributed by atoms with Gasteiger partial charge in [-0.3, -0.25) is 9.59 Å². The number of quaternary nitrogens is 2. The topological polar surface area (TPSA) is 83.1 Å². The zero-order chi connectivity index (χ0) is 32.8. The minimum Gasteiger partial charge on any atom is -1.00 e. The van der Waals surface area contributed by atoms with E-state index in [1.165, 1.54) is 77.3 Å². The smallest absolute Gasteiger partial charge is 0.246 e. The Morgan fingerprint density at radius 1 is 0.500 bits per heavy atom. The van der Waals surface area contributed by atoms with Crippen molar-refractivity contribution in [1.82, 2.24) is 5.32 Å². The summed E-state index contributed by atoms with van der Waals surface area (Å²) in [5, 5.41) is 2.95. The number of carbonyl (C=O) groups is 2.